The third kappa shape index (κ3) is 4.39. The second kappa shape index (κ2) is 8.58. The van der Waals surface area contributed by atoms with Crippen molar-refractivity contribution in [2.45, 2.75) is 13.0 Å². The molecule has 1 heterocycles. The topological polar surface area (TPSA) is 59.1 Å². The molecular weight excluding hydrogens is 344 g/mol. The van der Waals surface area contributed by atoms with Gasteiger partial charge in [0.2, 0.25) is 0 Å². The monoisotopic (exact) mass is 368 g/mol. The van der Waals surface area contributed by atoms with Gasteiger partial charge in [0.25, 0.3) is 5.91 Å². The Balaban J connectivity index is 1.56. The van der Waals surface area contributed by atoms with E-state index in [4.69, 9.17) is 9.47 Å². The van der Waals surface area contributed by atoms with E-state index in [1.807, 2.05) is 18.2 Å². The molecule has 0 aliphatic carbocycles. The Morgan fingerprint density at radius 2 is 1.56 bits per heavy atom. The molecule has 0 spiro atoms. The zero-order chi connectivity index (χ0) is 19.2. The normalized spacial score (nSPS) is 15.2. The average molecular weight is 368 g/mol. The summed E-state index contributed by atoms with van der Waals surface area (Å²) in [5, 5.41) is 0. The SMILES string of the molecule is COc1ccccc1C(=O)OC(C)C(=O)N1CCN(c2ccccc2)CC1. The summed E-state index contributed by atoms with van der Waals surface area (Å²) in [7, 11) is 1.49. The first-order valence-corrected chi connectivity index (χ1v) is 9.03. The van der Waals surface area contributed by atoms with E-state index in [9.17, 15) is 9.59 Å². The fourth-order valence-electron chi connectivity index (χ4n) is 3.17. The van der Waals surface area contributed by atoms with Gasteiger partial charge in [0, 0.05) is 31.9 Å². The molecule has 1 aliphatic heterocycles. The highest BCUT2D eigenvalue weighted by molar-refractivity contribution is 5.94. The third-order valence-corrected chi connectivity index (χ3v) is 4.67. The molecule has 0 N–H and O–H groups in total. The molecular formula is C21H24N2O4. The van der Waals surface area contributed by atoms with Crippen LogP contribution in [0.5, 0.6) is 5.75 Å². The van der Waals surface area contributed by atoms with Gasteiger partial charge >= 0.3 is 5.97 Å². The molecule has 1 amide bonds. The zero-order valence-electron chi connectivity index (χ0n) is 15.6. The minimum absolute atomic E-state index is 0.175. The number of esters is 1. The standard InChI is InChI=1S/C21H24N2O4/c1-16(27-21(25)18-10-6-7-11-19(18)26-2)20(24)23-14-12-22(13-15-23)17-8-4-3-5-9-17/h3-11,16H,12-15H2,1-2H3. The molecule has 6 heteroatoms. The van der Waals surface area contributed by atoms with Crippen molar-refractivity contribution in [1.29, 1.82) is 0 Å². The molecule has 0 saturated carbocycles. The molecule has 1 aliphatic rings. The molecule has 142 valence electrons. The number of methoxy groups -OCH3 is 1. The summed E-state index contributed by atoms with van der Waals surface area (Å²) in [5.74, 6) is -0.305. The number of anilines is 1. The number of rotatable bonds is 5. The smallest absolute Gasteiger partial charge is 0.342 e. The summed E-state index contributed by atoms with van der Waals surface area (Å²) in [6, 6.07) is 16.9. The number of nitrogens with zero attached hydrogens (tertiary/aromatic N) is 2. The van der Waals surface area contributed by atoms with Crippen molar-refractivity contribution < 1.29 is 19.1 Å². The summed E-state index contributed by atoms with van der Waals surface area (Å²) in [5.41, 5.74) is 1.47. The van der Waals surface area contributed by atoms with Crippen molar-refractivity contribution in [3.05, 3.63) is 60.2 Å². The second-order valence-corrected chi connectivity index (χ2v) is 6.40. The largest absolute Gasteiger partial charge is 0.496 e. The van der Waals surface area contributed by atoms with Crippen LogP contribution in [-0.4, -0.2) is 56.2 Å². The van der Waals surface area contributed by atoms with Crippen LogP contribution in [-0.2, 0) is 9.53 Å². The van der Waals surface area contributed by atoms with E-state index < -0.39 is 12.1 Å². The van der Waals surface area contributed by atoms with Crippen LogP contribution >= 0.6 is 0 Å². The number of amides is 1. The van der Waals surface area contributed by atoms with E-state index in [1.54, 1.807) is 36.1 Å². The highest BCUT2D eigenvalue weighted by Crippen LogP contribution is 2.20. The molecule has 0 radical (unpaired) electrons. The minimum atomic E-state index is -0.842. The van der Waals surface area contributed by atoms with Crippen molar-refractivity contribution in [3.63, 3.8) is 0 Å². The highest BCUT2D eigenvalue weighted by atomic mass is 16.5. The van der Waals surface area contributed by atoms with Crippen LogP contribution in [0.2, 0.25) is 0 Å². The summed E-state index contributed by atoms with van der Waals surface area (Å²) in [6.45, 7) is 4.32. The summed E-state index contributed by atoms with van der Waals surface area (Å²) >= 11 is 0. The van der Waals surface area contributed by atoms with E-state index >= 15 is 0 Å². The van der Waals surface area contributed by atoms with Crippen molar-refractivity contribution in [2.75, 3.05) is 38.2 Å². The fraction of sp³-hybridized carbons (Fsp3) is 0.333. The van der Waals surface area contributed by atoms with E-state index in [0.717, 1.165) is 18.8 Å². The van der Waals surface area contributed by atoms with Gasteiger partial charge in [-0.1, -0.05) is 30.3 Å². The Morgan fingerprint density at radius 1 is 0.926 bits per heavy atom. The van der Waals surface area contributed by atoms with Crippen molar-refractivity contribution in [2.24, 2.45) is 0 Å². The lowest BCUT2D eigenvalue weighted by Gasteiger charge is -2.37. The number of ether oxygens (including phenoxy) is 2. The zero-order valence-corrected chi connectivity index (χ0v) is 15.6. The molecule has 0 bridgehead atoms. The molecule has 0 aromatic heterocycles. The third-order valence-electron chi connectivity index (χ3n) is 4.67. The lowest BCUT2D eigenvalue weighted by Crippen LogP contribution is -2.51. The first-order valence-electron chi connectivity index (χ1n) is 9.03. The highest BCUT2D eigenvalue weighted by Gasteiger charge is 2.28. The Morgan fingerprint density at radius 3 is 2.22 bits per heavy atom. The maximum Gasteiger partial charge on any atom is 0.342 e. The molecule has 27 heavy (non-hydrogen) atoms. The van der Waals surface area contributed by atoms with Gasteiger partial charge < -0.3 is 19.3 Å². The van der Waals surface area contributed by atoms with Gasteiger partial charge in [-0.25, -0.2) is 4.79 Å². The lowest BCUT2D eigenvalue weighted by atomic mass is 10.2. The van der Waals surface area contributed by atoms with Crippen LogP contribution in [0.3, 0.4) is 0 Å². The maximum absolute atomic E-state index is 12.7. The van der Waals surface area contributed by atoms with Gasteiger partial charge in [-0.05, 0) is 31.2 Å². The van der Waals surface area contributed by atoms with Crippen LogP contribution in [0.4, 0.5) is 5.69 Å². The minimum Gasteiger partial charge on any atom is -0.496 e. The Kier molecular flexibility index (Phi) is 5.96. The summed E-state index contributed by atoms with van der Waals surface area (Å²) < 4.78 is 10.6. The van der Waals surface area contributed by atoms with Crippen molar-refractivity contribution in [3.8, 4) is 5.75 Å². The molecule has 2 aromatic rings. The van der Waals surface area contributed by atoms with Gasteiger partial charge in [-0.2, -0.15) is 0 Å². The number of hydrogen-bond acceptors (Lipinski definition) is 5. The van der Waals surface area contributed by atoms with Gasteiger partial charge in [-0.3, -0.25) is 4.79 Å². The molecule has 1 fully saturated rings. The molecule has 1 saturated heterocycles. The van der Waals surface area contributed by atoms with Crippen molar-refractivity contribution in [1.82, 2.24) is 4.90 Å². The van der Waals surface area contributed by atoms with E-state index in [1.165, 1.54) is 7.11 Å². The van der Waals surface area contributed by atoms with Gasteiger partial charge in [-0.15, -0.1) is 0 Å². The molecule has 6 nitrogen and oxygen atoms in total. The van der Waals surface area contributed by atoms with E-state index in [-0.39, 0.29) is 5.91 Å². The van der Waals surface area contributed by atoms with E-state index in [2.05, 4.69) is 17.0 Å². The fourth-order valence-corrected chi connectivity index (χ4v) is 3.17. The van der Waals surface area contributed by atoms with Crippen molar-refractivity contribution >= 4 is 17.6 Å². The molecule has 2 aromatic carbocycles. The predicted octanol–water partition coefficient (Wildman–Crippen LogP) is 2.59. The van der Waals surface area contributed by atoms with Gasteiger partial charge in [0.15, 0.2) is 6.10 Å². The average Bonchev–Trinajstić information content (AvgIpc) is 2.73. The van der Waals surface area contributed by atoms with Gasteiger partial charge in [0.1, 0.15) is 11.3 Å². The lowest BCUT2D eigenvalue weighted by molar-refractivity contribution is -0.140. The Labute approximate surface area is 159 Å². The second-order valence-electron chi connectivity index (χ2n) is 6.40. The Hall–Kier alpha value is -3.02. The quantitative estimate of drug-likeness (QED) is 0.760. The summed E-state index contributed by atoms with van der Waals surface area (Å²) in [6.07, 6.45) is -0.842. The molecule has 1 atom stereocenters. The van der Waals surface area contributed by atoms with Crippen LogP contribution in [0.25, 0.3) is 0 Å². The van der Waals surface area contributed by atoms with Gasteiger partial charge in [0.05, 0.1) is 7.11 Å². The summed E-state index contributed by atoms with van der Waals surface area (Å²) in [4.78, 5) is 29.0. The van der Waals surface area contributed by atoms with Crippen LogP contribution in [0, 0.1) is 0 Å². The Bertz CT molecular complexity index is 786. The number of carbonyl (C=O) groups excluding carboxylic acids is 2. The van der Waals surface area contributed by atoms with Crippen LogP contribution < -0.4 is 9.64 Å². The predicted molar refractivity (Wildman–Crippen MR) is 103 cm³/mol. The van der Waals surface area contributed by atoms with E-state index in [0.29, 0.717) is 24.4 Å². The number of piperazine rings is 1. The molecule has 1 unspecified atom stereocenters. The number of hydrogen-bond donors (Lipinski definition) is 0. The first kappa shape index (κ1) is 18.8. The van der Waals surface area contributed by atoms with Crippen LogP contribution in [0.15, 0.2) is 54.6 Å². The number of benzene rings is 2. The van der Waals surface area contributed by atoms with Crippen LogP contribution in [0.1, 0.15) is 17.3 Å². The maximum atomic E-state index is 12.7. The number of carbonyl (C=O) groups is 2. The first-order chi connectivity index (χ1) is 13.1. The number of para-hydroxylation sites is 2. The molecule has 3 rings (SSSR count).